The van der Waals surface area contributed by atoms with Crippen molar-refractivity contribution in [2.24, 2.45) is 0 Å². The molecule has 1 aromatic rings. The molecular weight excluding hydrogens is 294 g/mol. The van der Waals surface area contributed by atoms with Crippen molar-refractivity contribution in [3.8, 4) is 0 Å². The minimum Gasteiger partial charge on any atom is -0.380 e. The van der Waals surface area contributed by atoms with E-state index in [-0.39, 0.29) is 18.8 Å². The predicted octanol–water partition coefficient (Wildman–Crippen LogP) is 2.14. The summed E-state index contributed by atoms with van der Waals surface area (Å²) in [6.45, 7) is -0.451. The first kappa shape index (κ1) is 15.5. The summed E-state index contributed by atoms with van der Waals surface area (Å²) in [5.41, 5.74) is -2.51. The van der Waals surface area contributed by atoms with E-state index in [1.54, 1.807) is 0 Å². The molecule has 1 fully saturated rings. The van der Waals surface area contributed by atoms with Gasteiger partial charge in [-0.2, -0.15) is 17.6 Å². The summed E-state index contributed by atoms with van der Waals surface area (Å²) < 4.78 is 50.5. The van der Waals surface area contributed by atoms with E-state index in [9.17, 15) is 27.5 Å². The number of carbonyl (C=O) groups excluding carboxylic acids is 1. The monoisotopic (exact) mass is 307 g/mol. The van der Waals surface area contributed by atoms with Gasteiger partial charge in [-0.25, -0.2) is 9.78 Å². The van der Waals surface area contributed by atoms with Crippen molar-refractivity contribution in [2.45, 2.75) is 24.6 Å². The summed E-state index contributed by atoms with van der Waals surface area (Å²) in [4.78, 5) is 16.3. The van der Waals surface area contributed by atoms with Gasteiger partial charge in [0.2, 0.25) is 5.95 Å². The van der Waals surface area contributed by atoms with Gasteiger partial charge in [0, 0.05) is 25.9 Å². The normalized spacial score (nSPS) is 18.4. The molecule has 0 aliphatic carbocycles. The summed E-state index contributed by atoms with van der Waals surface area (Å²) in [5, 5.41) is 11.9. The van der Waals surface area contributed by atoms with E-state index in [2.05, 4.69) is 10.3 Å². The molecule has 0 radical (unpaired) electrons. The molecule has 0 aromatic carbocycles. The molecule has 2 N–H and O–H groups in total. The molecule has 1 aromatic heterocycles. The van der Waals surface area contributed by atoms with Gasteiger partial charge in [0.15, 0.2) is 5.60 Å². The number of anilines is 1. The lowest BCUT2D eigenvalue weighted by atomic mass is 9.91. The Bertz CT molecular complexity index is 510. The highest BCUT2D eigenvalue weighted by Crippen LogP contribution is 2.38. The summed E-state index contributed by atoms with van der Waals surface area (Å²) in [6.07, 6.45) is -4.77. The first-order chi connectivity index (χ1) is 9.71. The van der Waals surface area contributed by atoms with E-state index in [0.29, 0.717) is 0 Å². The zero-order valence-electron chi connectivity index (χ0n) is 10.8. The number of aromatic nitrogens is 1. The smallest absolute Gasteiger partial charge is 0.380 e. The molecule has 9 heteroatoms. The number of aliphatic hydroxyl groups is 1. The van der Waals surface area contributed by atoms with E-state index in [0.717, 1.165) is 17.2 Å². The highest BCUT2D eigenvalue weighted by atomic mass is 19.4. The molecule has 116 valence electrons. The Morgan fingerprint density at radius 3 is 2.43 bits per heavy atom. The standard InChI is InChI=1S/C12H13F4N3O2/c13-9-2-1-8(7-17-9)18-10(20)19-5-3-11(21,4-6-19)12(14,15)16/h1-2,7,21H,3-6H2,(H,18,20). The fourth-order valence-electron chi connectivity index (χ4n) is 2.02. The van der Waals surface area contributed by atoms with Crippen LogP contribution in [0.25, 0.3) is 0 Å². The van der Waals surface area contributed by atoms with Crippen molar-refractivity contribution in [3.63, 3.8) is 0 Å². The lowest BCUT2D eigenvalue weighted by molar-refractivity contribution is -0.271. The number of amides is 2. The van der Waals surface area contributed by atoms with Crippen LogP contribution in [-0.2, 0) is 0 Å². The first-order valence-corrected chi connectivity index (χ1v) is 6.18. The van der Waals surface area contributed by atoms with Gasteiger partial charge in [0.05, 0.1) is 11.9 Å². The summed E-state index contributed by atoms with van der Waals surface area (Å²) in [7, 11) is 0. The van der Waals surface area contributed by atoms with Gasteiger partial charge in [-0.05, 0) is 12.1 Å². The van der Waals surface area contributed by atoms with Crippen LogP contribution >= 0.6 is 0 Å². The zero-order chi connectivity index (χ0) is 15.7. The maximum atomic E-state index is 12.6. The van der Waals surface area contributed by atoms with Crippen molar-refractivity contribution in [2.75, 3.05) is 18.4 Å². The molecule has 0 atom stereocenters. The quantitative estimate of drug-likeness (QED) is 0.617. The highest BCUT2D eigenvalue weighted by molar-refractivity contribution is 5.89. The van der Waals surface area contributed by atoms with Crippen molar-refractivity contribution >= 4 is 11.7 Å². The molecule has 1 saturated heterocycles. The second-order valence-corrected chi connectivity index (χ2v) is 4.82. The number of carbonyl (C=O) groups is 1. The maximum Gasteiger partial charge on any atom is 0.417 e. The summed E-state index contributed by atoms with van der Waals surface area (Å²) in [5.74, 6) is -0.707. The summed E-state index contributed by atoms with van der Waals surface area (Å²) >= 11 is 0. The lowest BCUT2D eigenvalue weighted by Gasteiger charge is -2.38. The number of urea groups is 1. The van der Waals surface area contributed by atoms with Crippen molar-refractivity contribution in [1.82, 2.24) is 9.88 Å². The van der Waals surface area contributed by atoms with Crippen LogP contribution in [0.3, 0.4) is 0 Å². The number of nitrogens with one attached hydrogen (secondary N) is 1. The van der Waals surface area contributed by atoms with Crippen molar-refractivity contribution in [3.05, 3.63) is 24.3 Å². The minimum atomic E-state index is -4.71. The second-order valence-electron chi connectivity index (χ2n) is 4.82. The van der Waals surface area contributed by atoms with Crippen LogP contribution in [0.5, 0.6) is 0 Å². The lowest BCUT2D eigenvalue weighted by Crippen LogP contribution is -2.55. The van der Waals surface area contributed by atoms with Crippen LogP contribution in [0.4, 0.5) is 28.0 Å². The number of pyridine rings is 1. The van der Waals surface area contributed by atoms with Crippen LogP contribution in [0.15, 0.2) is 18.3 Å². The molecule has 5 nitrogen and oxygen atoms in total. The number of piperidine rings is 1. The SMILES string of the molecule is O=C(Nc1ccc(F)nc1)N1CCC(O)(C(F)(F)F)CC1. The Labute approximate surface area is 117 Å². The third-order valence-electron chi connectivity index (χ3n) is 3.38. The fourth-order valence-corrected chi connectivity index (χ4v) is 2.02. The van der Waals surface area contributed by atoms with Crippen LogP contribution < -0.4 is 5.32 Å². The largest absolute Gasteiger partial charge is 0.417 e. The van der Waals surface area contributed by atoms with Gasteiger partial charge in [0.25, 0.3) is 0 Å². The third-order valence-corrected chi connectivity index (χ3v) is 3.38. The number of halogens is 4. The fraction of sp³-hybridized carbons (Fsp3) is 0.500. The Kier molecular flexibility index (Phi) is 4.04. The van der Waals surface area contributed by atoms with E-state index in [1.807, 2.05) is 0 Å². The van der Waals surface area contributed by atoms with Crippen LogP contribution in [0.2, 0.25) is 0 Å². The van der Waals surface area contributed by atoms with E-state index < -0.39 is 36.6 Å². The van der Waals surface area contributed by atoms with Crippen LogP contribution in [-0.4, -0.2) is 45.9 Å². The summed E-state index contributed by atoms with van der Waals surface area (Å²) in [6, 6.07) is 1.72. The van der Waals surface area contributed by atoms with Gasteiger partial charge in [-0.15, -0.1) is 0 Å². The molecule has 0 saturated carbocycles. The predicted molar refractivity (Wildman–Crippen MR) is 65.0 cm³/mol. The number of likely N-dealkylation sites (tertiary alicyclic amines) is 1. The molecule has 2 rings (SSSR count). The Hall–Kier alpha value is -1.90. The number of hydrogen-bond donors (Lipinski definition) is 2. The van der Waals surface area contributed by atoms with Gasteiger partial charge in [-0.3, -0.25) is 0 Å². The number of nitrogens with zero attached hydrogens (tertiary/aromatic N) is 2. The van der Waals surface area contributed by atoms with Gasteiger partial charge < -0.3 is 15.3 Å². The maximum absolute atomic E-state index is 12.6. The van der Waals surface area contributed by atoms with E-state index in [4.69, 9.17) is 0 Å². The molecule has 1 aliphatic rings. The molecule has 2 heterocycles. The molecular formula is C12H13F4N3O2. The molecule has 0 bridgehead atoms. The number of rotatable bonds is 1. The Morgan fingerprint density at radius 2 is 1.95 bits per heavy atom. The third kappa shape index (κ3) is 3.41. The second kappa shape index (κ2) is 5.47. The average molecular weight is 307 g/mol. The zero-order valence-corrected chi connectivity index (χ0v) is 10.8. The van der Waals surface area contributed by atoms with Crippen molar-refractivity contribution in [1.29, 1.82) is 0 Å². The van der Waals surface area contributed by atoms with E-state index >= 15 is 0 Å². The average Bonchev–Trinajstić information content (AvgIpc) is 2.41. The molecule has 0 unspecified atom stereocenters. The van der Waals surface area contributed by atoms with E-state index in [1.165, 1.54) is 6.07 Å². The number of alkyl halides is 3. The molecule has 1 aliphatic heterocycles. The highest BCUT2D eigenvalue weighted by Gasteiger charge is 2.54. The topological polar surface area (TPSA) is 65.5 Å². The molecule has 21 heavy (non-hydrogen) atoms. The molecule has 2 amide bonds. The minimum absolute atomic E-state index is 0.226. The van der Waals surface area contributed by atoms with Gasteiger partial charge >= 0.3 is 12.2 Å². The van der Waals surface area contributed by atoms with Gasteiger partial charge in [-0.1, -0.05) is 0 Å². The van der Waals surface area contributed by atoms with Crippen LogP contribution in [0, 0.1) is 5.95 Å². The van der Waals surface area contributed by atoms with Gasteiger partial charge in [0.1, 0.15) is 0 Å². The van der Waals surface area contributed by atoms with Crippen molar-refractivity contribution < 1.29 is 27.5 Å². The number of hydrogen-bond acceptors (Lipinski definition) is 3. The molecule has 0 spiro atoms. The first-order valence-electron chi connectivity index (χ1n) is 6.18. The Balaban J connectivity index is 1.93. The Morgan fingerprint density at radius 1 is 1.33 bits per heavy atom. The van der Waals surface area contributed by atoms with Crippen LogP contribution in [0.1, 0.15) is 12.8 Å².